The van der Waals surface area contributed by atoms with Crippen LogP contribution in [0, 0.1) is 11.3 Å². The summed E-state index contributed by atoms with van der Waals surface area (Å²) in [7, 11) is 1.63. The minimum atomic E-state index is -0.264. The number of methoxy groups -OCH3 is 1. The summed E-state index contributed by atoms with van der Waals surface area (Å²) in [6.45, 7) is 12.3. The quantitative estimate of drug-likeness (QED) is 0.802. The molecule has 1 aromatic rings. The Morgan fingerprint density at radius 3 is 2.58 bits per heavy atom. The molecule has 5 heteroatoms. The summed E-state index contributed by atoms with van der Waals surface area (Å²) < 4.78 is 11.2. The number of ether oxygens (including phenoxy) is 2. The third kappa shape index (κ3) is 4.19. The van der Waals surface area contributed by atoms with Gasteiger partial charge in [-0.2, -0.15) is 5.26 Å². The fourth-order valence-electron chi connectivity index (χ4n) is 3.27. The molecule has 1 aromatic carbocycles. The Kier molecular flexibility index (Phi) is 6.47. The lowest BCUT2D eigenvalue weighted by Gasteiger charge is -2.41. The zero-order valence-electron chi connectivity index (χ0n) is 15.5. The van der Waals surface area contributed by atoms with E-state index in [9.17, 15) is 5.26 Å². The minimum absolute atomic E-state index is 0.0571. The summed E-state index contributed by atoms with van der Waals surface area (Å²) in [5, 5.41) is 9.79. The van der Waals surface area contributed by atoms with Crippen LogP contribution in [0.3, 0.4) is 0 Å². The molecule has 2 rings (SSSR count). The molecule has 0 spiro atoms. The van der Waals surface area contributed by atoms with Gasteiger partial charge in [0.2, 0.25) is 0 Å². The van der Waals surface area contributed by atoms with E-state index in [4.69, 9.17) is 9.47 Å². The normalized spacial score (nSPS) is 20.6. The van der Waals surface area contributed by atoms with E-state index in [0.717, 1.165) is 31.7 Å². The summed E-state index contributed by atoms with van der Waals surface area (Å²) in [5.74, 6) is 1.40. The second kappa shape index (κ2) is 8.36. The van der Waals surface area contributed by atoms with Crippen LogP contribution in [0.25, 0.3) is 0 Å². The van der Waals surface area contributed by atoms with E-state index in [1.54, 1.807) is 7.11 Å². The highest BCUT2D eigenvalue weighted by Gasteiger charge is 2.30. The van der Waals surface area contributed by atoms with Crippen molar-refractivity contribution >= 4 is 0 Å². The van der Waals surface area contributed by atoms with Crippen molar-refractivity contribution in [1.29, 1.82) is 5.26 Å². The molecule has 2 atom stereocenters. The molecule has 0 bridgehead atoms. The number of hydrogen-bond acceptors (Lipinski definition) is 5. The summed E-state index contributed by atoms with van der Waals surface area (Å²) in [6.07, 6.45) is 0.0571. The highest BCUT2D eigenvalue weighted by molar-refractivity contribution is 5.45. The number of nitrogens with zero attached hydrogens (tertiary/aromatic N) is 3. The van der Waals surface area contributed by atoms with Crippen LogP contribution in [0.4, 0.5) is 0 Å². The van der Waals surface area contributed by atoms with Crippen molar-refractivity contribution in [3.63, 3.8) is 0 Å². The van der Waals surface area contributed by atoms with E-state index in [-0.39, 0.29) is 12.1 Å². The fourth-order valence-corrected chi connectivity index (χ4v) is 3.27. The first-order valence-corrected chi connectivity index (χ1v) is 8.72. The molecule has 132 valence electrons. The van der Waals surface area contributed by atoms with Gasteiger partial charge in [0.1, 0.15) is 6.04 Å². The highest BCUT2D eigenvalue weighted by atomic mass is 16.5. The number of hydrogen-bond donors (Lipinski definition) is 0. The van der Waals surface area contributed by atoms with Crippen LogP contribution in [0.1, 0.15) is 39.3 Å². The largest absolute Gasteiger partial charge is 0.493 e. The molecule has 2 unspecified atom stereocenters. The number of piperazine rings is 1. The van der Waals surface area contributed by atoms with Crippen molar-refractivity contribution in [1.82, 2.24) is 9.80 Å². The van der Waals surface area contributed by atoms with E-state index < -0.39 is 0 Å². The van der Waals surface area contributed by atoms with Crippen LogP contribution in [-0.2, 0) is 0 Å². The van der Waals surface area contributed by atoms with Crippen LogP contribution in [-0.4, -0.2) is 55.2 Å². The SMILES string of the molecule is CCN1CCN(C(C#N)c2ccc(OC)c(OC(C)C)c2)C(C)C1. The summed E-state index contributed by atoms with van der Waals surface area (Å²) in [4.78, 5) is 4.71. The average Bonchev–Trinajstić information content (AvgIpc) is 2.56. The Balaban J connectivity index is 2.26. The van der Waals surface area contributed by atoms with Gasteiger partial charge >= 0.3 is 0 Å². The van der Waals surface area contributed by atoms with Crippen molar-refractivity contribution in [3.05, 3.63) is 23.8 Å². The van der Waals surface area contributed by atoms with Gasteiger partial charge in [-0.05, 0) is 45.0 Å². The molecule has 0 aliphatic carbocycles. The zero-order chi connectivity index (χ0) is 17.7. The molecule has 24 heavy (non-hydrogen) atoms. The van der Waals surface area contributed by atoms with Crippen LogP contribution in [0.2, 0.25) is 0 Å². The maximum atomic E-state index is 9.79. The van der Waals surface area contributed by atoms with Crippen LogP contribution < -0.4 is 9.47 Å². The first-order chi connectivity index (χ1) is 11.5. The van der Waals surface area contributed by atoms with Gasteiger partial charge in [0, 0.05) is 25.7 Å². The van der Waals surface area contributed by atoms with E-state index in [1.165, 1.54) is 0 Å². The fraction of sp³-hybridized carbons (Fsp3) is 0.632. The molecular weight excluding hydrogens is 302 g/mol. The van der Waals surface area contributed by atoms with Gasteiger partial charge in [-0.25, -0.2) is 0 Å². The van der Waals surface area contributed by atoms with Crippen molar-refractivity contribution < 1.29 is 9.47 Å². The Bertz CT molecular complexity index is 582. The van der Waals surface area contributed by atoms with Crippen LogP contribution in [0.5, 0.6) is 11.5 Å². The van der Waals surface area contributed by atoms with Crippen molar-refractivity contribution in [3.8, 4) is 17.6 Å². The van der Waals surface area contributed by atoms with Gasteiger partial charge in [0.15, 0.2) is 11.5 Å². The minimum Gasteiger partial charge on any atom is -0.493 e. The predicted octanol–water partition coefficient (Wildman–Crippen LogP) is 3.07. The molecule has 5 nitrogen and oxygen atoms in total. The van der Waals surface area contributed by atoms with Gasteiger partial charge in [-0.1, -0.05) is 13.0 Å². The number of rotatable bonds is 6. The summed E-state index contributed by atoms with van der Waals surface area (Å²) in [5.41, 5.74) is 0.964. The van der Waals surface area contributed by atoms with Crippen LogP contribution in [0.15, 0.2) is 18.2 Å². The zero-order valence-corrected chi connectivity index (χ0v) is 15.5. The molecule has 0 N–H and O–H groups in total. The lowest BCUT2D eigenvalue weighted by atomic mass is 10.0. The number of likely N-dealkylation sites (N-methyl/N-ethyl adjacent to an activating group) is 1. The molecule has 1 fully saturated rings. The molecule has 0 amide bonds. The lowest BCUT2D eigenvalue weighted by Crippen LogP contribution is -2.52. The van der Waals surface area contributed by atoms with Gasteiger partial charge in [-0.3, -0.25) is 4.90 Å². The Morgan fingerprint density at radius 2 is 2.04 bits per heavy atom. The molecule has 1 saturated heterocycles. The lowest BCUT2D eigenvalue weighted by molar-refractivity contribution is 0.0682. The Morgan fingerprint density at radius 1 is 1.29 bits per heavy atom. The first kappa shape index (κ1) is 18.6. The third-order valence-corrected chi connectivity index (χ3v) is 4.53. The van der Waals surface area contributed by atoms with Gasteiger partial charge in [0.05, 0.1) is 19.3 Å². The summed E-state index contributed by atoms with van der Waals surface area (Å²) >= 11 is 0. The monoisotopic (exact) mass is 331 g/mol. The molecule has 0 aromatic heterocycles. The average molecular weight is 331 g/mol. The molecule has 1 aliphatic rings. The van der Waals surface area contributed by atoms with Gasteiger partial charge < -0.3 is 14.4 Å². The Labute approximate surface area is 145 Å². The van der Waals surface area contributed by atoms with E-state index in [2.05, 4.69) is 29.7 Å². The number of nitriles is 1. The van der Waals surface area contributed by atoms with Crippen molar-refractivity contribution in [2.45, 2.75) is 45.9 Å². The second-order valence-corrected chi connectivity index (χ2v) is 6.59. The highest BCUT2D eigenvalue weighted by Crippen LogP contribution is 2.33. The van der Waals surface area contributed by atoms with Gasteiger partial charge in [0.25, 0.3) is 0 Å². The van der Waals surface area contributed by atoms with Crippen LogP contribution >= 0.6 is 0 Å². The maximum Gasteiger partial charge on any atom is 0.161 e. The number of benzene rings is 1. The van der Waals surface area contributed by atoms with Gasteiger partial charge in [-0.15, -0.1) is 0 Å². The van der Waals surface area contributed by atoms with E-state index in [0.29, 0.717) is 17.5 Å². The molecule has 0 radical (unpaired) electrons. The molecule has 1 heterocycles. The topological polar surface area (TPSA) is 48.7 Å². The molecule has 1 aliphatic heterocycles. The first-order valence-electron chi connectivity index (χ1n) is 8.72. The van der Waals surface area contributed by atoms with E-state index in [1.807, 2.05) is 32.0 Å². The molecular formula is C19H29N3O2. The second-order valence-electron chi connectivity index (χ2n) is 6.59. The Hall–Kier alpha value is -1.77. The predicted molar refractivity (Wildman–Crippen MR) is 95.4 cm³/mol. The smallest absolute Gasteiger partial charge is 0.161 e. The standard InChI is InChI=1S/C19H29N3O2/c1-6-21-9-10-22(15(4)13-21)17(12-20)16-7-8-18(23-5)19(11-16)24-14(2)3/h7-8,11,14-15,17H,6,9-10,13H2,1-5H3. The van der Waals surface area contributed by atoms with Crippen molar-refractivity contribution in [2.24, 2.45) is 0 Å². The van der Waals surface area contributed by atoms with E-state index >= 15 is 0 Å². The van der Waals surface area contributed by atoms with Crippen molar-refractivity contribution in [2.75, 3.05) is 33.3 Å². The summed E-state index contributed by atoms with van der Waals surface area (Å²) in [6, 6.07) is 8.38. The third-order valence-electron chi connectivity index (χ3n) is 4.53. The maximum absolute atomic E-state index is 9.79. The molecule has 0 saturated carbocycles.